The van der Waals surface area contributed by atoms with Gasteiger partial charge in [-0.1, -0.05) is 0 Å². The lowest BCUT2D eigenvalue weighted by atomic mass is 10.2. The highest BCUT2D eigenvalue weighted by molar-refractivity contribution is 5.28. The molecule has 0 radical (unpaired) electrons. The van der Waals surface area contributed by atoms with E-state index in [2.05, 4.69) is 20.3 Å². The smallest absolute Gasteiger partial charge is 0.158 e. The van der Waals surface area contributed by atoms with Crippen LogP contribution in [0.2, 0.25) is 0 Å². The molecule has 0 amide bonds. The fraction of sp³-hybridized carbons (Fsp3) is 0.333. The molecule has 3 N–H and O–H groups in total. The zero-order chi connectivity index (χ0) is 13.0. The van der Waals surface area contributed by atoms with Crippen LogP contribution >= 0.6 is 0 Å². The van der Waals surface area contributed by atoms with Crippen molar-refractivity contribution < 1.29 is 4.42 Å². The van der Waals surface area contributed by atoms with E-state index in [0.29, 0.717) is 5.82 Å². The van der Waals surface area contributed by atoms with Crippen LogP contribution in [0.5, 0.6) is 0 Å². The number of hydrogen-bond donors (Lipinski definition) is 2. The molecular formula is C12H17N5O. The van der Waals surface area contributed by atoms with Gasteiger partial charge in [-0.15, -0.1) is 0 Å². The predicted octanol–water partition coefficient (Wildman–Crippen LogP) is 1.30. The van der Waals surface area contributed by atoms with Crippen LogP contribution in [0.3, 0.4) is 0 Å². The second-order valence-electron chi connectivity index (χ2n) is 4.21. The van der Waals surface area contributed by atoms with Crippen molar-refractivity contribution in [3.05, 3.63) is 41.7 Å². The van der Waals surface area contributed by atoms with Crippen LogP contribution in [-0.4, -0.2) is 21.9 Å². The first-order chi connectivity index (χ1) is 8.69. The van der Waals surface area contributed by atoms with Gasteiger partial charge in [-0.3, -0.25) is 9.88 Å². The van der Waals surface area contributed by atoms with E-state index in [1.54, 1.807) is 18.7 Å². The molecule has 0 fully saturated rings. The lowest BCUT2D eigenvalue weighted by molar-refractivity contribution is 0.312. The fourth-order valence-corrected chi connectivity index (χ4v) is 1.71. The highest BCUT2D eigenvalue weighted by atomic mass is 16.3. The van der Waals surface area contributed by atoms with Gasteiger partial charge in [0, 0.05) is 18.7 Å². The number of nitrogens with one attached hydrogen (secondary N) is 1. The maximum absolute atomic E-state index is 5.27. The van der Waals surface area contributed by atoms with Crippen LogP contribution in [0, 0.1) is 6.92 Å². The summed E-state index contributed by atoms with van der Waals surface area (Å²) < 4.78 is 5.27. The number of aryl methyl sites for hydroxylation is 1. The molecule has 2 aromatic rings. The minimum atomic E-state index is 0.562. The molecule has 0 spiro atoms. The maximum atomic E-state index is 5.27. The third kappa shape index (κ3) is 3.06. The number of nitrogens with zero attached hydrogens (tertiary/aromatic N) is 3. The van der Waals surface area contributed by atoms with E-state index in [1.807, 2.05) is 20.0 Å². The highest BCUT2D eigenvalue weighted by Gasteiger charge is 2.07. The summed E-state index contributed by atoms with van der Waals surface area (Å²) in [6.07, 6.45) is 5.04. The summed E-state index contributed by atoms with van der Waals surface area (Å²) in [7, 11) is 2.03. The monoisotopic (exact) mass is 247 g/mol. The molecule has 0 aliphatic rings. The Bertz CT molecular complexity index is 493. The molecule has 0 aromatic carbocycles. The summed E-state index contributed by atoms with van der Waals surface area (Å²) in [4.78, 5) is 10.5. The van der Waals surface area contributed by atoms with Crippen molar-refractivity contribution in [3.8, 4) is 0 Å². The first kappa shape index (κ1) is 12.5. The first-order valence-corrected chi connectivity index (χ1v) is 5.68. The Balaban J connectivity index is 1.94. The number of aromatic nitrogens is 2. The molecule has 0 bridgehead atoms. The lowest BCUT2D eigenvalue weighted by Crippen LogP contribution is -2.18. The summed E-state index contributed by atoms with van der Waals surface area (Å²) in [5.41, 5.74) is 4.54. The van der Waals surface area contributed by atoms with Crippen molar-refractivity contribution in [1.29, 1.82) is 0 Å². The molecule has 18 heavy (non-hydrogen) atoms. The third-order valence-electron chi connectivity index (χ3n) is 2.69. The van der Waals surface area contributed by atoms with E-state index in [4.69, 9.17) is 10.3 Å². The Hall–Kier alpha value is -1.92. The average molecular weight is 247 g/mol. The zero-order valence-corrected chi connectivity index (χ0v) is 10.6. The molecule has 0 aliphatic heterocycles. The van der Waals surface area contributed by atoms with Gasteiger partial charge in [0.1, 0.15) is 5.76 Å². The van der Waals surface area contributed by atoms with Crippen molar-refractivity contribution in [2.75, 3.05) is 12.5 Å². The van der Waals surface area contributed by atoms with E-state index in [-0.39, 0.29) is 0 Å². The van der Waals surface area contributed by atoms with Gasteiger partial charge in [0.25, 0.3) is 0 Å². The lowest BCUT2D eigenvalue weighted by Gasteiger charge is -2.15. The zero-order valence-electron chi connectivity index (χ0n) is 10.6. The van der Waals surface area contributed by atoms with E-state index >= 15 is 0 Å². The topological polar surface area (TPSA) is 80.2 Å². The molecule has 2 rings (SSSR count). The van der Waals surface area contributed by atoms with Gasteiger partial charge >= 0.3 is 0 Å². The minimum absolute atomic E-state index is 0.562. The molecular weight excluding hydrogens is 230 g/mol. The maximum Gasteiger partial charge on any atom is 0.158 e. The van der Waals surface area contributed by atoms with E-state index < -0.39 is 0 Å². The van der Waals surface area contributed by atoms with Gasteiger partial charge in [-0.2, -0.15) is 0 Å². The average Bonchev–Trinajstić information content (AvgIpc) is 2.76. The van der Waals surface area contributed by atoms with Crippen LogP contribution in [0.4, 0.5) is 5.82 Å². The van der Waals surface area contributed by atoms with Crippen molar-refractivity contribution in [1.82, 2.24) is 14.9 Å². The predicted molar refractivity (Wildman–Crippen MR) is 68.5 cm³/mol. The van der Waals surface area contributed by atoms with Crippen LogP contribution in [0.1, 0.15) is 17.0 Å². The van der Waals surface area contributed by atoms with Gasteiger partial charge in [-0.05, 0) is 20.0 Å². The standard InChI is InChI=1S/C12H17N5O/c1-9-10(3-4-18-9)7-17(2)8-11-5-15-12(16-13)6-14-11/h3-6H,7-8,13H2,1-2H3,(H,15,16). The quantitative estimate of drug-likeness (QED) is 0.612. The van der Waals surface area contributed by atoms with Crippen molar-refractivity contribution >= 4 is 5.82 Å². The molecule has 96 valence electrons. The Labute approximate surface area is 106 Å². The summed E-state index contributed by atoms with van der Waals surface area (Å²) >= 11 is 0. The van der Waals surface area contributed by atoms with E-state index in [1.165, 1.54) is 5.56 Å². The van der Waals surface area contributed by atoms with Crippen LogP contribution in [0.15, 0.2) is 29.1 Å². The third-order valence-corrected chi connectivity index (χ3v) is 2.69. The largest absolute Gasteiger partial charge is 0.469 e. The summed E-state index contributed by atoms with van der Waals surface area (Å²) in [5.74, 6) is 6.75. The number of rotatable bonds is 5. The van der Waals surface area contributed by atoms with Crippen LogP contribution in [-0.2, 0) is 13.1 Å². The molecule has 6 nitrogen and oxygen atoms in total. The first-order valence-electron chi connectivity index (χ1n) is 5.68. The molecule has 0 atom stereocenters. The van der Waals surface area contributed by atoms with Crippen molar-refractivity contribution in [2.24, 2.45) is 5.84 Å². The van der Waals surface area contributed by atoms with Gasteiger partial charge in [0.15, 0.2) is 5.82 Å². The molecule has 2 heterocycles. The SMILES string of the molecule is Cc1occc1CN(C)Cc1cnc(NN)cn1. The molecule has 0 saturated carbocycles. The summed E-state index contributed by atoms with van der Waals surface area (Å²) in [6.45, 7) is 3.51. The van der Waals surface area contributed by atoms with Crippen molar-refractivity contribution in [3.63, 3.8) is 0 Å². The molecule has 0 aliphatic carbocycles. The van der Waals surface area contributed by atoms with Gasteiger partial charge < -0.3 is 9.84 Å². The van der Waals surface area contributed by atoms with E-state index in [9.17, 15) is 0 Å². The van der Waals surface area contributed by atoms with Crippen molar-refractivity contribution in [2.45, 2.75) is 20.0 Å². The Kier molecular flexibility index (Phi) is 3.91. The Morgan fingerprint density at radius 1 is 1.33 bits per heavy atom. The Morgan fingerprint density at radius 2 is 2.17 bits per heavy atom. The van der Waals surface area contributed by atoms with Gasteiger partial charge in [0.05, 0.1) is 24.4 Å². The highest BCUT2D eigenvalue weighted by Crippen LogP contribution is 2.12. The molecule has 0 unspecified atom stereocenters. The van der Waals surface area contributed by atoms with Crippen LogP contribution in [0.25, 0.3) is 0 Å². The Morgan fingerprint density at radius 3 is 2.72 bits per heavy atom. The number of furan rings is 1. The molecule has 6 heteroatoms. The van der Waals surface area contributed by atoms with Crippen LogP contribution < -0.4 is 11.3 Å². The number of nitrogens with two attached hydrogens (primary N) is 1. The second-order valence-corrected chi connectivity index (χ2v) is 4.21. The molecule has 2 aromatic heterocycles. The minimum Gasteiger partial charge on any atom is -0.469 e. The summed E-state index contributed by atoms with van der Waals surface area (Å²) in [5, 5.41) is 0. The normalized spacial score (nSPS) is 10.9. The molecule has 0 saturated heterocycles. The number of hydrazine groups is 1. The fourth-order valence-electron chi connectivity index (χ4n) is 1.71. The second kappa shape index (κ2) is 5.61. The van der Waals surface area contributed by atoms with Gasteiger partial charge in [-0.25, -0.2) is 10.8 Å². The van der Waals surface area contributed by atoms with E-state index in [0.717, 1.165) is 24.5 Å². The number of hydrogen-bond acceptors (Lipinski definition) is 6. The summed E-state index contributed by atoms with van der Waals surface area (Å²) in [6, 6.07) is 1.99. The van der Waals surface area contributed by atoms with Gasteiger partial charge in [0.2, 0.25) is 0 Å². The number of anilines is 1. The number of nitrogen functional groups attached to an aromatic ring is 1.